The third kappa shape index (κ3) is 6.29. The number of Topliss-reactive ketones (excluding diaryl/α,β-unsaturated/α-hetero) is 1. The van der Waals surface area contributed by atoms with Crippen molar-refractivity contribution in [2.45, 2.75) is 45.9 Å². The van der Waals surface area contributed by atoms with Crippen LogP contribution in [0.1, 0.15) is 43.1 Å². The summed E-state index contributed by atoms with van der Waals surface area (Å²) in [7, 11) is 0. The summed E-state index contributed by atoms with van der Waals surface area (Å²) in [5.41, 5.74) is 0.628. The highest BCUT2D eigenvalue weighted by Crippen LogP contribution is 2.48. The van der Waals surface area contributed by atoms with Crippen molar-refractivity contribution in [1.82, 2.24) is 0 Å². The summed E-state index contributed by atoms with van der Waals surface area (Å²) in [5.74, 6) is -2.44. The number of hydrogen-bond acceptors (Lipinski definition) is 12. The van der Waals surface area contributed by atoms with Gasteiger partial charge in [0, 0.05) is 17.5 Å². The summed E-state index contributed by atoms with van der Waals surface area (Å²) in [6.07, 6.45) is -6.82. The van der Waals surface area contributed by atoms with Crippen molar-refractivity contribution in [1.29, 1.82) is 0 Å². The molecule has 0 spiro atoms. The number of esters is 1. The number of ether oxygens (including phenoxy) is 4. The minimum atomic E-state index is -3.79. The Morgan fingerprint density at radius 2 is 1.50 bits per heavy atom. The fourth-order valence-corrected chi connectivity index (χ4v) is 3.74. The fraction of sp³-hybridized carbons (Fsp3) is 0.417. The molecule has 1 aliphatic rings. The molecular weight excluding hydrogens is 480 g/mol. The first kappa shape index (κ1) is 27.3. The van der Waals surface area contributed by atoms with Crippen LogP contribution in [0.2, 0.25) is 0 Å². The maximum Gasteiger partial charge on any atom is 0.453 e. The number of rotatable bonds is 10. The van der Waals surface area contributed by atoms with Gasteiger partial charge in [-0.1, -0.05) is 18.2 Å². The Morgan fingerprint density at radius 3 is 2.11 bits per heavy atom. The second kappa shape index (κ2) is 10.0. The third-order valence-corrected chi connectivity index (χ3v) is 5.34. The normalized spacial score (nSPS) is 13.9. The average Bonchev–Trinajstić information content (AvgIpc) is 3.13. The number of aliphatic hydroxyl groups is 6. The van der Waals surface area contributed by atoms with Gasteiger partial charge < -0.3 is 49.6 Å². The highest BCUT2D eigenvalue weighted by atomic mass is 16.9. The second-order valence-electron chi connectivity index (χ2n) is 8.77. The van der Waals surface area contributed by atoms with Crippen LogP contribution < -0.4 is 14.2 Å². The first-order valence-corrected chi connectivity index (χ1v) is 11.0. The number of fused-ring (bicyclic) bond motifs is 1. The van der Waals surface area contributed by atoms with Gasteiger partial charge in [0.25, 0.3) is 0 Å². The van der Waals surface area contributed by atoms with Gasteiger partial charge in [-0.15, -0.1) is 0 Å². The van der Waals surface area contributed by atoms with E-state index in [-0.39, 0.29) is 36.7 Å². The first-order chi connectivity index (χ1) is 16.6. The monoisotopic (exact) mass is 508 g/mol. The molecule has 0 aliphatic heterocycles. The number of carbonyl (C=O) groups excluding carboxylic acids is 2. The molecule has 2 aromatic rings. The minimum absolute atomic E-state index is 0.0695. The predicted molar refractivity (Wildman–Crippen MR) is 120 cm³/mol. The van der Waals surface area contributed by atoms with Gasteiger partial charge in [-0.25, -0.2) is 0 Å². The Kier molecular flexibility index (Phi) is 7.60. The van der Waals surface area contributed by atoms with Crippen LogP contribution in [0, 0.1) is 5.41 Å². The summed E-state index contributed by atoms with van der Waals surface area (Å²) in [6, 6.07) is 7.40. The van der Waals surface area contributed by atoms with Crippen molar-refractivity contribution in [3.8, 4) is 28.4 Å². The molecule has 12 heteroatoms. The molecule has 1 aliphatic carbocycles. The summed E-state index contributed by atoms with van der Waals surface area (Å²) < 4.78 is 20.3. The Morgan fingerprint density at radius 1 is 0.861 bits per heavy atom. The molecule has 0 fully saturated rings. The molecule has 12 nitrogen and oxygen atoms in total. The van der Waals surface area contributed by atoms with E-state index in [1.54, 1.807) is 25.1 Å². The molecule has 0 atom stereocenters. The summed E-state index contributed by atoms with van der Waals surface area (Å²) in [6.45, 7) is 4.44. The van der Waals surface area contributed by atoms with Gasteiger partial charge in [-0.05, 0) is 50.5 Å². The lowest BCUT2D eigenvalue weighted by atomic mass is 9.94. The van der Waals surface area contributed by atoms with Crippen LogP contribution in [0.25, 0.3) is 11.1 Å². The van der Waals surface area contributed by atoms with E-state index in [9.17, 15) is 40.2 Å². The van der Waals surface area contributed by atoms with E-state index in [0.717, 1.165) is 6.07 Å². The van der Waals surface area contributed by atoms with Gasteiger partial charge in [-0.3, -0.25) is 9.59 Å². The maximum absolute atomic E-state index is 12.4. The van der Waals surface area contributed by atoms with Crippen LogP contribution in [0.4, 0.5) is 0 Å². The van der Waals surface area contributed by atoms with Gasteiger partial charge >= 0.3 is 18.3 Å². The van der Waals surface area contributed by atoms with Gasteiger partial charge in [0.05, 0.1) is 12.0 Å². The van der Waals surface area contributed by atoms with Gasteiger partial charge in [0.15, 0.2) is 17.3 Å². The molecule has 0 radical (unpaired) electrons. The topological polar surface area (TPSA) is 192 Å². The number of carbonyl (C=O) groups is 2. The maximum atomic E-state index is 12.4. The van der Waals surface area contributed by atoms with E-state index >= 15 is 0 Å². The molecule has 36 heavy (non-hydrogen) atoms. The molecule has 0 heterocycles. The van der Waals surface area contributed by atoms with E-state index in [1.165, 1.54) is 19.9 Å². The van der Waals surface area contributed by atoms with Crippen LogP contribution in [-0.4, -0.2) is 67.9 Å². The van der Waals surface area contributed by atoms with Gasteiger partial charge in [-0.2, -0.15) is 0 Å². The molecule has 0 saturated carbocycles. The lowest BCUT2D eigenvalue weighted by Gasteiger charge is -2.27. The first-order valence-electron chi connectivity index (χ1n) is 11.0. The number of benzene rings is 2. The standard InChI is InChI=1S/C24H28O12/c1-4-33-21(26)22(2,3)12-34-19-16(13-6-5-7-15-14(13)8-10-17(15)25)9-11-18(35-23(27,28)29)20(19)36-24(30,31)32/h5-7,9,11,27-32H,4,8,10,12H2,1-3H3. The highest BCUT2D eigenvalue weighted by molar-refractivity contribution is 6.02. The molecule has 196 valence electrons. The van der Waals surface area contributed by atoms with Crippen molar-refractivity contribution in [3.63, 3.8) is 0 Å². The molecule has 0 unspecified atom stereocenters. The average molecular weight is 508 g/mol. The summed E-state index contributed by atoms with van der Waals surface area (Å²) in [4.78, 5) is 24.7. The van der Waals surface area contributed by atoms with Crippen LogP contribution >= 0.6 is 0 Å². The molecule has 2 aromatic carbocycles. The van der Waals surface area contributed by atoms with Gasteiger partial charge in [0.2, 0.25) is 5.75 Å². The molecular formula is C24H28O12. The van der Waals surface area contributed by atoms with E-state index < -0.39 is 35.2 Å². The smallest absolute Gasteiger partial charge is 0.453 e. The van der Waals surface area contributed by atoms with Crippen LogP contribution in [0.3, 0.4) is 0 Å². The van der Waals surface area contributed by atoms with E-state index in [4.69, 9.17) is 14.2 Å². The molecule has 0 bridgehead atoms. The zero-order valence-corrected chi connectivity index (χ0v) is 19.8. The summed E-state index contributed by atoms with van der Waals surface area (Å²) >= 11 is 0. The van der Waals surface area contributed by atoms with E-state index in [0.29, 0.717) is 23.1 Å². The third-order valence-electron chi connectivity index (χ3n) is 5.34. The van der Waals surface area contributed by atoms with Crippen LogP contribution in [0.5, 0.6) is 17.2 Å². The molecule has 6 N–H and O–H groups in total. The van der Waals surface area contributed by atoms with Crippen molar-refractivity contribution in [2.24, 2.45) is 5.41 Å². The highest BCUT2D eigenvalue weighted by Gasteiger charge is 2.36. The van der Waals surface area contributed by atoms with Crippen LogP contribution in [0.15, 0.2) is 30.3 Å². The lowest BCUT2D eigenvalue weighted by Crippen LogP contribution is -2.37. The molecule has 0 aromatic heterocycles. The number of hydrogen-bond donors (Lipinski definition) is 6. The van der Waals surface area contributed by atoms with Crippen molar-refractivity contribution >= 4 is 11.8 Å². The number of ketones is 1. The SMILES string of the molecule is CCOC(=O)C(C)(C)COc1c(-c2cccc3c2CCC3=O)ccc(OC(O)(O)O)c1OC(O)(O)O. The largest absolute Gasteiger partial charge is 0.488 e. The van der Waals surface area contributed by atoms with Crippen molar-refractivity contribution in [2.75, 3.05) is 13.2 Å². The molecule has 3 rings (SSSR count). The van der Waals surface area contributed by atoms with Crippen LogP contribution in [-0.2, 0) is 16.0 Å². The van der Waals surface area contributed by atoms with Crippen molar-refractivity contribution < 1.29 is 59.2 Å². The van der Waals surface area contributed by atoms with E-state index in [1.807, 2.05) is 0 Å². The molecule has 0 saturated heterocycles. The Balaban J connectivity index is 2.22. The lowest BCUT2D eigenvalue weighted by molar-refractivity contribution is -0.428. The quantitative estimate of drug-likeness (QED) is 0.191. The Bertz CT molecular complexity index is 1140. The second-order valence-corrected chi connectivity index (χ2v) is 8.77. The zero-order valence-electron chi connectivity index (χ0n) is 19.8. The minimum Gasteiger partial charge on any atom is -0.488 e. The molecule has 0 amide bonds. The van der Waals surface area contributed by atoms with Crippen molar-refractivity contribution in [3.05, 3.63) is 41.5 Å². The zero-order chi connectivity index (χ0) is 26.9. The summed E-state index contributed by atoms with van der Waals surface area (Å²) in [5, 5.41) is 56.6. The predicted octanol–water partition coefficient (Wildman–Crippen LogP) is 0.385. The Labute approximate surface area is 205 Å². The fourth-order valence-electron chi connectivity index (χ4n) is 3.74. The Hall–Kier alpha value is -3.26. The van der Waals surface area contributed by atoms with Gasteiger partial charge in [0.1, 0.15) is 6.61 Å². The van der Waals surface area contributed by atoms with E-state index in [2.05, 4.69) is 4.74 Å².